The van der Waals surface area contributed by atoms with Gasteiger partial charge in [-0.2, -0.15) is 5.10 Å². The van der Waals surface area contributed by atoms with E-state index in [1.54, 1.807) is 15.9 Å². The van der Waals surface area contributed by atoms with E-state index < -0.39 is 0 Å². The van der Waals surface area contributed by atoms with Gasteiger partial charge in [0.1, 0.15) is 18.4 Å². The van der Waals surface area contributed by atoms with Gasteiger partial charge >= 0.3 is 0 Å². The molecule has 0 radical (unpaired) electrons. The van der Waals surface area contributed by atoms with Crippen molar-refractivity contribution in [3.63, 3.8) is 0 Å². The molecule has 1 heterocycles. The lowest BCUT2D eigenvalue weighted by atomic mass is 10.1. The second kappa shape index (κ2) is 8.49. The predicted molar refractivity (Wildman–Crippen MR) is 104 cm³/mol. The highest BCUT2D eigenvalue weighted by Gasteiger charge is 2.17. The number of carbonyl (C=O) groups excluding carboxylic acids is 1. The molecule has 0 N–H and O–H groups in total. The van der Waals surface area contributed by atoms with E-state index in [4.69, 9.17) is 4.74 Å². The van der Waals surface area contributed by atoms with E-state index in [1.165, 1.54) is 11.9 Å². The van der Waals surface area contributed by atoms with E-state index in [9.17, 15) is 4.79 Å². The van der Waals surface area contributed by atoms with E-state index in [-0.39, 0.29) is 11.9 Å². The molecule has 0 aliphatic rings. The summed E-state index contributed by atoms with van der Waals surface area (Å²) in [6.45, 7) is 4.41. The number of nitrogens with zero attached hydrogens (tertiary/aromatic N) is 4. The fourth-order valence-corrected chi connectivity index (χ4v) is 2.75. The van der Waals surface area contributed by atoms with Gasteiger partial charge in [0.25, 0.3) is 0 Å². The van der Waals surface area contributed by atoms with Crippen molar-refractivity contribution in [1.82, 2.24) is 19.7 Å². The van der Waals surface area contributed by atoms with Gasteiger partial charge in [-0.3, -0.25) is 4.79 Å². The number of aryl methyl sites for hydroxylation is 1. The van der Waals surface area contributed by atoms with Crippen molar-refractivity contribution in [2.24, 2.45) is 0 Å². The molecule has 1 atom stereocenters. The molecular formula is C21H24N4O2. The topological polar surface area (TPSA) is 60.2 Å². The highest BCUT2D eigenvalue weighted by molar-refractivity contribution is 5.76. The number of hydrogen-bond acceptors (Lipinski definition) is 4. The Morgan fingerprint density at radius 1 is 1.15 bits per heavy atom. The van der Waals surface area contributed by atoms with E-state index in [2.05, 4.69) is 10.1 Å². The summed E-state index contributed by atoms with van der Waals surface area (Å²) >= 11 is 0. The first-order valence-electron chi connectivity index (χ1n) is 8.94. The third-order valence-electron chi connectivity index (χ3n) is 4.64. The first-order chi connectivity index (χ1) is 13.0. The summed E-state index contributed by atoms with van der Waals surface area (Å²) in [5, 5.41) is 4.11. The Labute approximate surface area is 159 Å². The van der Waals surface area contributed by atoms with E-state index in [0.717, 1.165) is 17.0 Å². The normalized spacial score (nSPS) is 11.8. The van der Waals surface area contributed by atoms with Crippen molar-refractivity contribution in [3.8, 4) is 11.4 Å². The molecule has 6 heteroatoms. The monoisotopic (exact) mass is 364 g/mol. The average molecular weight is 364 g/mol. The second-order valence-corrected chi connectivity index (χ2v) is 6.52. The Kier molecular flexibility index (Phi) is 5.86. The SMILES string of the molecule is Cc1ccc(OCCC(=O)N(C)[C@H](C)c2ccc(-n3cncn3)cc2)cc1. The van der Waals surface area contributed by atoms with Crippen LogP contribution in [-0.4, -0.2) is 39.2 Å². The van der Waals surface area contributed by atoms with Crippen LogP contribution in [0.5, 0.6) is 5.75 Å². The molecule has 0 aliphatic heterocycles. The van der Waals surface area contributed by atoms with Gasteiger partial charge in [-0.1, -0.05) is 29.8 Å². The van der Waals surface area contributed by atoms with Gasteiger partial charge in [0.2, 0.25) is 5.91 Å². The van der Waals surface area contributed by atoms with Crippen molar-refractivity contribution in [2.45, 2.75) is 26.3 Å². The summed E-state index contributed by atoms with van der Waals surface area (Å²) in [6.07, 6.45) is 3.50. The van der Waals surface area contributed by atoms with Crippen molar-refractivity contribution >= 4 is 5.91 Å². The number of carbonyl (C=O) groups is 1. The molecule has 0 saturated carbocycles. The van der Waals surface area contributed by atoms with Crippen molar-refractivity contribution in [2.75, 3.05) is 13.7 Å². The van der Waals surface area contributed by atoms with Crippen LogP contribution < -0.4 is 4.74 Å². The first-order valence-corrected chi connectivity index (χ1v) is 8.94. The summed E-state index contributed by atoms with van der Waals surface area (Å²) in [5.41, 5.74) is 3.18. The lowest BCUT2D eigenvalue weighted by molar-refractivity contribution is -0.132. The van der Waals surface area contributed by atoms with Crippen LogP contribution in [0, 0.1) is 6.92 Å². The molecule has 6 nitrogen and oxygen atoms in total. The lowest BCUT2D eigenvalue weighted by Gasteiger charge is -2.25. The Bertz CT molecular complexity index is 858. The van der Waals surface area contributed by atoms with Gasteiger partial charge in [-0.05, 0) is 43.7 Å². The van der Waals surface area contributed by atoms with Crippen LogP contribution >= 0.6 is 0 Å². The van der Waals surface area contributed by atoms with Crippen molar-refractivity contribution < 1.29 is 9.53 Å². The maximum atomic E-state index is 12.5. The van der Waals surface area contributed by atoms with Crippen LogP contribution in [0.15, 0.2) is 61.2 Å². The van der Waals surface area contributed by atoms with E-state index >= 15 is 0 Å². The van der Waals surface area contributed by atoms with Gasteiger partial charge in [-0.25, -0.2) is 9.67 Å². The third-order valence-corrected chi connectivity index (χ3v) is 4.64. The zero-order valence-corrected chi connectivity index (χ0v) is 15.9. The van der Waals surface area contributed by atoms with Crippen molar-refractivity contribution in [3.05, 3.63) is 72.3 Å². The second-order valence-electron chi connectivity index (χ2n) is 6.52. The van der Waals surface area contributed by atoms with Crippen LogP contribution in [-0.2, 0) is 4.79 Å². The molecule has 1 aromatic heterocycles. The maximum Gasteiger partial charge on any atom is 0.226 e. The van der Waals surface area contributed by atoms with Crippen LogP contribution in [0.2, 0.25) is 0 Å². The molecule has 0 saturated heterocycles. The van der Waals surface area contributed by atoms with Crippen LogP contribution in [0.25, 0.3) is 5.69 Å². The first kappa shape index (κ1) is 18.6. The minimum Gasteiger partial charge on any atom is -0.493 e. The highest BCUT2D eigenvalue weighted by Crippen LogP contribution is 2.21. The smallest absolute Gasteiger partial charge is 0.226 e. The molecular weight excluding hydrogens is 340 g/mol. The summed E-state index contributed by atoms with van der Waals surface area (Å²) < 4.78 is 7.36. The highest BCUT2D eigenvalue weighted by atomic mass is 16.5. The molecule has 0 aliphatic carbocycles. The number of amides is 1. The number of ether oxygens (including phenoxy) is 1. The summed E-state index contributed by atoms with van der Waals surface area (Å²) in [4.78, 5) is 18.2. The molecule has 0 bridgehead atoms. The molecule has 0 unspecified atom stereocenters. The zero-order chi connectivity index (χ0) is 19.2. The number of hydrogen-bond donors (Lipinski definition) is 0. The average Bonchev–Trinajstić information content (AvgIpc) is 3.23. The number of rotatable bonds is 7. The van der Waals surface area contributed by atoms with Gasteiger partial charge in [-0.15, -0.1) is 0 Å². The molecule has 0 spiro atoms. The lowest BCUT2D eigenvalue weighted by Crippen LogP contribution is -2.30. The molecule has 140 valence electrons. The summed E-state index contributed by atoms with van der Waals surface area (Å²) in [5.74, 6) is 0.836. The molecule has 3 aromatic rings. The molecule has 3 rings (SSSR count). The van der Waals surface area contributed by atoms with Gasteiger partial charge in [0.15, 0.2) is 0 Å². The quantitative estimate of drug-likeness (QED) is 0.643. The standard InChI is InChI=1S/C21H24N4O2/c1-16-4-10-20(11-5-16)27-13-12-21(26)24(3)17(2)18-6-8-19(9-7-18)25-15-22-14-23-25/h4-11,14-15,17H,12-13H2,1-3H3/t17-/m1/s1. The molecule has 0 fully saturated rings. The third kappa shape index (κ3) is 4.73. The Morgan fingerprint density at radius 3 is 2.48 bits per heavy atom. The van der Waals surface area contributed by atoms with Crippen LogP contribution in [0.1, 0.15) is 30.5 Å². The minimum absolute atomic E-state index is 0.0262. The Morgan fingerprint density at radius 2 is 1.85 bits per heavy atom. The van der Waals surface area contributed by atoms with Gasteiger partial charge in [0, 0.05) is 7.05 Å². The van der Waals surface area contributed by atoms with Crippen LogP contribution in [0.3, 0.4) is 0 Å². The van der Waals surface area contributed by atoms with Gasteiger partial charge < -0.3 is 9.64 Å². The molecule has 2 aromatic carbocycles. The van der Waals surface area contributed by atoms with Crippen LogP contribution in [0.4, 0.5) is 0 Å². The number of benzene rings is 2. The minimum atomic E-state index is -0.0262. The maximum absolute atomic E-state index is 12.5. The fraction of sp³-hybridized carbons (Fsp3) is 0.286. The number of aromatic nitrogens is 3. The summed E-state index contributed by atoms with van der Waals surface area (Å²) in [6, 6.07) is 15.8. The summed E-state index contributed by atoms with van der Waals surface area (Å²) in [7, 11) is 1.82. The molecule has 1 amide bonds. The van der Waals surface area contributed by atoms with E-state index in [1.807, 2.05) is 69.4 Å². The van der Waals surface area contributed by atoms with Crippen molar-refractivity contribution in [1.29, 1.82) is 0 Å². The fourth-order valence-electron chi connectivity index (χ4n) is 2.75. The van der Waals surface area contributed by atoms with Gasteiger partial charge in [0.05, 0.1) is 24.8 Å². The largest absolute Gasteiger partial charge is 0.493 e. The Balaban J connectivity index is 1.53. The zero-order valence-electron chi connectivity index (χ0n) is 15.9. The predicted octanol–water partition coefficient (Wildman–Crippen LogP) is 3.56. The molecule has 27 heavy (non-hydrogen) atoms. The van der Waals surface area contributed by atoms with E-state index in [0.29, 0.717) is 13.0 Å². The Hall–Kier alpha value is -3.15.